The molecule has 0 bridgehead atoms. The molecule has 2 amide bonds. The summed E-state index contributed by atoms with van der Waals surface area (Å²) in [4.78, 5) is 23.0. The second-order valence-electron chi connectivity index (χ2n) is 3.84. The highest BCUT2D eigenvalue weighted by Crippen LogP contribution is 2.22. The Balaban J connectivity index is 2.56. The van der Waals surface area contributed by atoms with Crippen LogP contribution in [0, 0.1) is 0 Å². The van der Waals surface area contributed by atoms with Crippen LogP contribution in [0.15, 0.2) is 18.2 Å². The van der Waals surface area contributed by atoms with E-state index in [1.165, 1.54) is 19.2 Å². The molecule has 3 N–H and O–H groups in total. The van der Waals surface area contributed by atoms with Gasteiger partial charge in [-0.3, -0.25) is 9.59 Å². The Kier molecular flexibility index (Phi) is 5.66. The molecule has 1 aromatic rings. The van der Waals surface area contributed by atoms with E-state index in [4.69, 9.17) is 4.74 Å². The Hall–Kier alpha value is -2.24. The molecule has 0 radical (unpaired) electrons. The van der Waals surface area contributed by atoms with Crippen LogP contribution in [0.5, 0.6) is 11.5 Å². The zero-order chi connectivity index (χ0) is 14.3. The summed E-state index contributed by atoms with van der Waals surface area (Å²) in [5.74, 6) is -0.221. The fourth-order valence-electron chi connectivity index (χ4n) is 1.49. The minimum atomic E-state index is -0.444. The van der Waals surface area contributed by atoms with E-state index in [0.717, 1.165) is 0 Å². The Morgan fingerprint density at radius 1 is 1.32 bits per heavy atom. The Morgan fingerprint density at radius 2 is 2.05 bits per heavy atom. The Morgan fingerprint density at radius 3 is 2.68 bits per heavy atom. The minimum absolute atomic E-state index is 0.121. The van der Waals surface area contributed by atoms with Crippen LogP contribution in [0.1, 0.15) is 23.7 Å². The van der Waals surface area contributed by atoms with E-state index < -0.39 is 5.91 Å². The summed E-state index contributed by atoms with van der Waals surface area (Å²) in [6.45, 7) is 2.59. The van der Waals surface area contributed by atoms with E-state index in [2.05, 4.69) is 10.6 Å². The lowest BCUT2D eigenvalue weighted by molar-refractivity contribution is -0.120. The van der Waals surface area contributed by atoms with Crippen molar-refractivity contribution in [3.63, 3.8) is 0 Å². The highest BCUT2D eigenvalue weighted by Gasteiger charge is 2.12. The second-order valence-corrected chi connectivity index (χ2v) is 3.84. The predicted octanol–water partition coefficient (Wildman–Crippen LogP) is 0.657. The number of aromatic hydroxyl groups is 1. The average molecular weight is 266 g/mol. The number of phenols is 1. The van der Waals surface area contributed by atoms with Gasteiger partial charge in [0.1, 0.15) is 11.5 Å². The number of carbonyl (C=O) groups is 2. The number of phenolic OH excluding ortho intramolecular Hbond substituents is 1. The van der Waals surface area contributed by atoms with Gasteiger partial charge in [-0.1, -0.05) is 0 Å². The predicted molar refractivity (Wildman–Crippen MR) is 70.3 cm³/mol. The lowest BCUT2D eigenvalue weighted by atomic mass is 10.1. The standard InChI is InChI=1S/C13H18N2O4/c1-3-14-12(17)6-7-15-13(18)10-8-9(19-2)4-5-11(10)16/h4-5,8,16H,3,6-7H2,1-2H3,(H,14,17)(H,15,18). The molecule has 0 atom stereocenters. The van der Waals surface area contributed by atoms with Crippen LogP contribution in [0.4, 0.5) is 0 Å². The molecule has 0 heterocycles. The molecule has 0 aliphatic rings. The molecule has 0 aliphatic carbocycles. The van der Waals surface area contributed by atoms with Gasteiger partial charge in [0.25, 0.3) is 5.91 Å². The first-order valence-electron chi connectivity index (χ1n) is 6.00. The molecule has 0 saturated heterocycles. The smallest absolute Gasteiger partial charge is 0.255 e. The summed E-state index contributed by atoms with van der Waals surface area (Å²) >= 11 is 0. The van der Waals surface area contributed by atoms with Crippen molar-refractivity contribution in [1.82, 2.24) is 10.6 Å². The molecule has 104 valence electrons. The van der Waals surface area contributed by atoms with Crippen LogP contribution in [-0.4, -0.2) is 37.1 Å². The maximum atomic E-state index is 11.8. The SMILES string of the molecule is CCNC(=O)CCNC(=O)c1cc(OC)ccc1O. The highest BCUT2D eigenvalue weighted by molar-refractivity contribution is 5.97. The zero-order valence-electron chi connectivity index (χ0n) is 11.0. The molecule has 1 rings (SSSR count). The molecule has 0 spiro atoms. The van der Waals surface area contributed by atoms with Gasteiger partial charge in [-0.25, -0.2) is 0 Å². The topological polar surface area (TPSA) is 87.7 Å². The van der Waals surface area contributed by atoms with Gasteiger partial charge in [0.15, 0.2) is 0 Å². The number of ether oxygens (including phenoxy) is 1. The van der Waals surface area contributed by atoms with Crippen LogP contribution in [0.3, 0.4) is 0 Å². The highest BCUT2D eigenvalue weighted by atomic mass is 16.5. The van der Waals surface area contributed by atoms with Crippen LogP contribution in [0.25, 0.3) is 0 Å². The summed E-state index contributed by atoms with van der Waals surface area (Å²) in [5, 5.41) is 14.8. The lowest BCUT2D eigenvalue weighted by Crippen LogP contribution is -2.30. The van der Waals surface area contributed by atoms with Crippen molar-refractivity contribution in [2.24, 2.45) is 0 Å². The molecule has 0 unspecified atom stereocenters. The molecule has 6 heteroatoms. The summed E-state index contributed by atoms with van der Waals surface area (Å²) < 4.78 is 4.98. The number of nitrogens with one attached hydrogen (secondary N) is 2. The van der Waals surface area contributed by atoms with Crippen LogP contribution >= 0.6 is 0 Å². The van der Waals surface area contributed by atoms with Gasteiger partial charge in [-0.2, -0.15) is 0 Å². The summed E-state index contributed by atoms with van der Waals surface area (Å²) in [6.07, 6.45) is 0.199. The minimum Gasteiger partial charge on any atom is -0.507 e. The van der Waals surface area contributed by atoms with E-state index in [-0.39, 0.29) is 30.2 Å². The fraction of sp³-hybridized carbons (Fsp3) is 0.385. The van der Waals surface area contributed by atoms with Crippen LogP contribution in [0.2, 0.25) is 0 Å². The van der Waals surface area contributed by atoms with Gasteiger partial charge in [0, 0.05) is 19.5 Å². The normalized spacial score (nSPS) is 9.79. The molecule has 19 heavy (non-hydrogen) atoms. The first kappa shape index (κ1) is 14.8. The van der Waals surface area contributed by atoms with Crippen LogP contribution < -0.4 is 15.4 Å². The number of rotatable bonds is 6. The molecule has 0 fully saturated rings. The molecule has 6 nitrogen and oxygen atoms in total. The number of methoxy groups -OCH3 is 1. The zero-order valence-corrected chi connectivity index (χ0v) is 11.0. The molecular formula is C13H18N2O4. The third-order valence-electron chi connectivity index (χ3n) is 2.46. The van der Waals surface area contributed by atoms with Crippen molar-refractivity contribution in [2.75, 3.05) is 20.2 Å². The van der Waals surface area contributed by atoms with E-state index in [1.54, 1.807) is 6.07 Å². The number of benzene rings is 1. The second kappa shape index (κ2) is 7.25. The van der Waals surface area contributed by atoms with Crippen molar-refractivity contribution >= 4 is 11.8 Å². The quantitative estimate of drug-likeness (QED) is 0.705. The Labute approximate surface area is 111 Å². The van der Waals surface area contributed by atoms with Gasteiger partial charge >= 0.3 is 0 Å². The molecule has 1 aromatic carbocycles. The first-order valence-corrected chi connectivity index (χ1v) is 6.00. The lowest BCUT2D eigenvalue weighted by Gasteiger charge is -2.08. The van der Waals surface area contributed by atoms with E-state index in [1.807, 2.05) is 6.92 Å². The fourth-order valence-corrected chi connectivity index (χ4v) is 1.49. The maximum absolute atomic E-state index is 11.8. The van der Waals surface area contributed by atoms with Crippen molar-refractivity contribution in [2.45, 2.75) is 13.3 Å². The summed E-state index contributed by atoms with van der Waals surface area (Å²) in [5.41, 5.74) is 0.121. The van der Waals surface area contributed by atoms with E-state index in [0.29, 0.717) is 12.3 Å². The van der Waals surface area contributed by atoms with Gasteiger partial charge in [-0.05, 0) is 25.1 Å². The van der Waals surface area contributed by atoms with Gasteiger partial charge < -0.3 is 20.5 Å². The van der Waals surface area contributed by atoms with Crippen molar-refractivity contribution in [3.8, 4) is 11.5 Å². The van der Waals surface area contributed by atoms with Crippen molar-refractivity contribution in [3.05, 3.63) is 23.8 Å². The molecule has 0 aromatic heterocycles. The Bertz CT molecular complexity index is 460. The number of carbonyl (C=O) groups excluding carboxylic acids is 2. The third kappa shape index (κ3) is 4.50. The van der Waals surface area contributed by atoms with Gasteiger partial charge in [-0.15, -0.1) is 0 Å². The van der Waals surface area contributed by atoms with Gasteiger partial charge in [0.2, 0.25) is 5.91 Å². The molecule has 0 aliphatic heterocycles. The summed E-state index contributed by atoms with van der Waals surface area (Å²) in [7, 11) is 1.48. The van der Waals surface area contributed by atoms with Crippen molar-refractivity contribution < 1.29 is 19.4 Å². The average Bonchev–Trinajstić information content (AvgIpc) is 2.39. The number of hydrogen-bond acceptors (Lipinski definition) is 4. The molecular weight excluding hydrogens is 248 g/mol. The first-order chi connectivity index (χ1) is 9.08. The van der Waals surface area contributed by atoms with Crippen LogP contribution in [-0.2, 0) is 4.79 Å². The monoisotopic (exact) mass is 266 g/mol. The van der Waals surface area contributed by atoms with E-state index in [9.17, 15) is 14.7 Å². The molecule has 0 saturated carbocycles. The summed E-state index contributed by atoms with van der Waals surface area (Å²) in [6, 6.07) is 4.38. The van der Waals surface area contributed by atoms with Gasteiger partial charge in [0.05, 0.1) is 12.7 Å². The largest absolute Gasteiger partial charge is 0.507 e. The maximum Gasteiger partial charge on any atom is 0.255 e. The number of amides is 2. The third-order valence-corrected chi connectivity index (χ3v) is 2.46. The number of hydrogen-bond donors (Lipinski definition) is 3. The van der Waals surface area contributed by atoms with Crippen molar-refractivity contribution in [1.29, 1.82) is 0 Å². The van der Waals surface area contributed by atoms with E-state index >= 15 is 0 Å².